The van der Waals surface area contributed by atoms with Gasteiger partial charge in [-0.25, -0.2) is 0 Å². The lowest BCUT2D eigenvalue weighted by Crippen LogP contribution is -2.43. The maximum absolute atomic E-state index is 5.66. The van der Waals surface area contributed by atoms with Crippen molar-refractivity contribution < 1.29 is 9.47 Å². The van der Waals surface area contributed by atoms with Gasteiger partial charge in [0.25, 0.3) is 0 Å². The van der Waals surface area contributed by atoms with E-state index in [1.165, 1.54) is 5.69 Å². The van der Waals surface area contributed by atoms with Gasteiger partial charge in [-0.3, -0.25) is 0 Å². The van der Waals surface area contributed by atoms with Crippen LogP contribution >= 0.6 is 0 Å². The summed E-state index contributed by atoms with van der Waals surface area (Å²) in [7, 11) is 0. The van der Waals surface area contributed by atoms with Crippen LogP contribution in [-0.2, 0) is 9.47 Å². The fourth-order valence-electron chi connectivity index (χ4n) is 2.33. The zero-order valence-corrected chi connectivity index (χ0v) is 11.9. The number of rotatable bonds is 6. The van der Waals surface area contributed by atoms with E-state index in [1.54, 1.807) is 0 Å². The molecule has 1 fully saturated rings. The van der Waals surface area contributed by atoms with Gasteiger partial charge < -0.3 is 19.7 Å². The van der Waals surface area contributed by atoms with Gasteiger partial charge >= 0.3 is 0 Å². The second-order valence-electron chi connectivity index (χ2n) is 4.57. The van der Waals surface area contributed by atoms with E-state index in [4.69, 9.17) is 9.47 Å². The van der Waals surface area contributed by atoms with E-state index in [0.29, 0.717) is 13.2 Å². The number of hydrogen-bond acceptors (Lipinski definition) is 4. The van der Waals surface area contributed by atoms with Crippen LogP contribution in [0.4, 0.5) is 5.69 Å². The maximum Gasteiger partial charge on any atom is 0.183 e. The fraction of sp³-hybridized carbons (Fsp3) is 0.600. The number of anilines is 1. The zero-order chi connectivity index (χ0) is 13.5. The third-order valence-corrected chi connectivity index (χ3v) is 3.26. The number of nitrogens with one attached hydrogen (secondary N) is 1. The van der Waals surface area contributed by atoms with Gasteiger partial charge in [0.15, 0.2) is 6.29 Å². The lowest BCUT2D eigenvalue weighted by molar-refractivity contribution is -0.140. The Morgan fingerprint density at radius 1 is 1.16 bits per heavy atom. The molecule has 106 valence electrons. The SMILES string of the molecule is CCOC(OCC)c1cccc(N2CCNCC2)c1. The van der Waals surface area contributed by atoms with E-state index in [1.807, 2.05) is 13.8 Å². The Hall–Kier alpha value is -1.10. The Labute approximate surface area is 115 Å². The maximum atomic E-state index is 5.66. The van der Waals surface area contributed by atoms with Crippen molar-refractivity contribution in [2.45, 2.75) is 20.1 Å². The summed E-state index contributed by atoms with van der Waals surface area (Å²) in [6, 6.07) is 8.49. The molecule has 0 atom stereocenters. The molecule has 1 aliphatic rings. The smallest absolute Gasteiger partial charge is 0.183 e. The first kappa shape index (κ1) is 14.3. The molecule has 0 bridgehead atoms. The van der Waals surface area contributed by atoms with Crippen molar-refractivity contribution in [3.63, 3.8) is 0 Å². The molecular weight excluding hydrogens is 240 g/mol. The Kier molecular flexibility index (Phi) is 5.63. The Morgan fingerprint density at radius 3 is 2.47 bits per heavy atom. The van der Waals surface area contributed by atoms with Crippen LogP contribution in [0, 0.1) is 0 Å². The second-order valence-corrected chi connectivity index (χ2v) is 4.57. The summed E-state index contributed by atoms with van der Waals surface area (Å²) in [5, 5.41) is 3.37. The summed E-state index contributed by atoms with van der Waals surface area (Å²) < 4.78 is 11.3. The molecule has 1 aromatic rings. The summed E-state index contributed by atoms with van der Waals surface area (Å²) >= 11 is 0. The molecule has 0 amide bonds. The van der Waals surface area contributed by atoms with Crippen molar-refractivity contribution in [3.8, 4) is 0 Å². The number of piperazine rings is 1. The lowest BCUT2D eigenvalue weighted by Gasteiger charge is -2.30. The van der Waals surface area contributed by atoms with E-state index in [2.05, 4.69) is 34.5 Å². The molecule has 1 aromatic carbocycles. The van der Waals surface area contributed by atoms with Crippen molar-refractivity contribution >= 4 is 5.69 Å². The first-order chi connectivity index (χ1) is 9.35. The molecular formula is C15H24N2O2. The largest absolute Gasteiger partial charge is 0.369 e. The Bertz CT molecular complexity index is 372. The molecule has 1 saturated heterocycles. The van der Waals surface area contributed by atoms with Crippen LogP contribution in [-0.4, -0.2) is 39.4 Å². The van der Waals surface area contributed by atoms with Crippen LogP contribution in [0.25, 0.3) is 0 Å². The van der Waals surface area contributed by atoms with E-state index < -0.39 is 0 Å². The topological polar surface area (TPSA) is 33.7 Å². The van der Waals surface area contributed by atoms with Crippen molar-refractivity contribution in [1.82, 2.24) is 5.32 Å². The minimum Gasteiger partial charge on any atom is -0.369 e. The highest BCUT2D eigenvalue weighted by atomic mass is 16.7. The van der Waals surface area contributed by atoms with Gasteiger partial charge in [0.05, 0.1) is 0 Å². The minimum absolute atomic E-state index is 0.252. The highest BCUT2D eigenvalue weighted by Crippen LogP contribution is 2.24. The molecule has 2 rings (SSSR count). The molecule has 4 nitrogen and oxygen atoms in total. The van der Waals surface area contributed by atoms with E-state index >= 15 is 0 Å². The fourth-order valence-corrected chi connectivity index (χ4v) is 2.33. The van der Waals surface area contributed by atoms with Gasteiger partial charge in [-0.1, -0.05) is 12.1 Å². The number of nitrogens with zero attached hydrogens (tertiary/aromatic N) is 1. The predicted molar refractivity (Wildman–Crippen MR) is 77.5 cm³/mol. The first-order valence-corrected chi connectivity index (χ1v) is 7.14. The summed E-state index contributed by atoms with van der Waals surface area (Å²) in [5.41, 5.74) is 2.35. The second kappa shape index (κ2) is 7.48. The summed E-state index contributed by atoms with van der Waals surface area (Å²) in [6.07, 6.45) is -0.252. The molecule has 0 aliphatic carbocycles. The predicted octanol–water partition coefficient (Wildman–Crippen LogP) is 2.17. The number of benzene rings is 1. The van der Waals surface area contributed by atoms with Crippen molar-refractivity contribution in [2.24, 2.45) is 0 Å². The number of hydrogen-bond donors (Lipinski definition) is 1. The van der Waals surface area contributed by atoms with Gasteiger partial charge in [-0.05, 0) is 26.0 Å². The molecule has 0 spiro atoms. The molecule has 19 heavy (non-hydrogen) atoms. The van der Waals surface area contributed by atoms with E-state index in [9.17, 15) is 0 Å². The van der Waals surface area contributed by atoms with Gasteiger partial charge in [-0.2, -0.15) is 0 Å². The van der Waals surface area contributed by atoms with Crippen molar-refractivity contribution in [3.05, 3.63) is 29.8 Å². The molecule has 0 aromatic heterocycles. The molecule has 1 N–H and O–H groups in total. The molecule has 1 aliphatic heterocycles. The van der Waals surface area contributed by atoms with Crippen LogP contribution in [0.2, 0.25) is 0 Å². The first-order valence-electron chi connectivity index (χ1n) is 7.14. The Morgan fingerprint density at radius 2 is 1.84 bits per heavy atom. The quantitative estimate of drug-likeness (QED) is 0.798. The normalized spacial score (nSPS) is 16.1. The minimum atomic E-state index is -0.252. The molecule has 1 heterocycles. The average Bonchev–Trinajstić information content (AvgIpc) is 2.48. The van der Waals surface area contributed by atoms with Gasteiger partial charge in [-0.15, -0.1) is 0 Å². The van der Waals surface area contributed by atoms with Crippen molar-refractivity contribution in [1.29, 1.82) is 0 Å². The van der Waals surface area contributed by atoms with Crippen LogP contribution < -0.4 is 10.2 Å². The average molecular weight is 264 g/mol. The highest BCUT2D eigenvalue weighted by Gasteiger charge is 2.15. The summed E-state index contributed by atoms with van der Waals surface area (Å²) in [4.78, 5) is 2.40. The van der Waals surface area contributed by atoms with Crippen LogP contribution in [0.15, 0.2) is 24.3 Å². The standard InChI is InChI=1S/C15H24N2O2/c1-3-18-15(19-4-2)13-6-5-7-14(12-13)17-10-8-16-9-11-17/h5-7,12,15-16H,3-4,8-11H2,1-2H3. The molecule has 0 radical (unpaired) electrons. The third-order valence-electron chi connectivity index (χ3n) is 3.26. The number of ether oxygens (including phenoxy) is 2. The van der Waals surface area contributed by atoms with Gasteiger partial charge in [0.2, 0.25) is 0 Å². The van der Waals surface area contributed by atoms with Gasteiger partial charge in [0.1, 0.15) is 0 Å². The summed E-state index contributed by atoms with van der Waals surface area (Å²) in [5.74, 6) is 0. The van der Waals surface area contributed by atoms with Gasteiger partial charge in [0, 0.05) is 50.6 Å². The molecule has 4 heteroatoms. The highest BCUT2D eigenvalue weighted by molar-refractivity contribution is 5.49. The monoisotopic (exact) mass is 264 g/mol. The zero-order valence-electron chi connectivity index (χ0n) is 11.9. The van der Waals surface area contributed by atoms with Crippen molar-refractivity contribution in [2.75, 3.05) is 44.3 Å². The van der Waals surface area contributed by atoms with Crippen LogP contribution in [0.5, 0.6) is 0 Å². The Balaban J connectivity index is 2.12. The molecule has 0 saturated carbocycles. The third kappa shape index (κ3) is 3.93. The molecule has 0 unspecified atom stereocenters. The summed E-state index contributed by atoms with van der Waals surface area (Å²) in [6.45, 7) is 9.49. The van der Waals surface area contributed by atoms with E-state index in [0.717, 1.165) is 31.7 Å². The van der Waals surface area contributed by atoms with Crippen LogP contribution in [0.1, 0.15) is 25.7 Å². The lowest BCUT2D eigenvalue weighted by atomic mass is 10.1. The van der Waals surface area contributed by atoms with Crippen LogP contribution in [0.3, 0.4) is 0 Å². The van der Waals surface area contributed by atoms with E-state index in [-0.39, 0.29) is 6.29 Å².